The standard InChI is InChI=1S/C19H18N4O3/c24-19(4-2-14-1-3-16-17(11-14)26-13-25-16)21-18-7-10-23(22-18)12-15-5-8-20-9-6-15/h1,3,5-11H,2,4,12-13H2,(H,21,22,24). The maximum absolute atomic E-state index is 12.2. The van der Waals surface area contributed by atoms with E-state index in [0.29, 0.717) is 25.2 Å². The Hall–Kier alpha value is -3.35. The molecule has 3 heterocycles. The minimum Gasteiger partial charge on any atom is -0.454 e. The zero-order chi connectivity index (χ0) is 17.8. The molecule has 1 amide bonds. The number of hydrogen-bond donors (Lipinski definition) is 1. The monoisotopic (exact) mass is 350 g/mol. The molecule has 7 nitrogen and oxygen atoms in total. The van der Waals surface area contributed by atoms with Crippen LogP contribution in [0.25, 0.3) is 0 Å². The smallest absolute Gasteiger partial charge is 0.231 e. The van der Waals surface area contributed by atoms with Gasteiger partial charge in [0.2, 0.25) is 12.7 Å². The van der Waals surface area contributed by atoms with Gasteiger partial charge >= 0.3 is 0 Å². The molecule has 0 aliphatic carbocycles. The van der Waals surface area contributed by atoms with Crippen molar-refractivity contribution in [3.05, 3.63) is 66.1 Å². The Bertz CT molecular complexity index is 908. The Morgan fingerprint density at radius 3 is 2.81 bits per heavy atom. The van der Waals surface area contributed by atoms with Crippen molar-refractivity contribution in [2.75, 3.05) is 12.1 Å². The fraction of sp³-hybridized carbons (Fsp3) is 0.211. The summed E-state index contributed by atoms with van der Waals surface area (Å²) in [5, 5.41) is 7.21. The van der Waals surface area contributed by atoms with E-state index in [2.05, 4.69) is 15.4 Å². The molecule has 0 radical (unpaired) electrons. The van der Waals surface area contributed by atoms with E-state index in [4.69, 9.17) is 9.47 Å². The van der Waals surface area contributed by atoms with Crippen molar-refractivity contribution >= 4 is 11.7 Å². The Balaban J connectivity index is 1.29. The second kappa shape index (κ2) is 7.26. The van der Waals surface area contributed by atoms with Crippen molar-refractivity contribution in [1.82, 2.24) is 14.8 Å². The third-order valence-corrected chi connectivity index (χ3v) is 4.08. The highest BCUT2D eigenvalue weighted by atomic mass is 16.7. The third kappa shape index (κ3) is 3.83. The highest BCUT2D eigenvalue weighted by Gasteiger charge is 2.14. The van der Waals surface area contributed by atoms with Crippen LogP contribution >= 0.6 is 0 Å². The van der Waals surface area contributed by atoms with E-state index in [1.54, 1.807) is 23.1 Å². The van der Waals surface area contributed by atoms with Crippen molar-refractivity contribution in [3.63, 3.8) is 0 Å². The highest BCUT2D eigenvalue weighted by molar-refractivity contribution is 5.89. The van der Waals surface area contributed by atoms with Crippen molar-refractivity contribution in [1.29, 1.82) is 0 Å². The van der Waals surface area contributed by atoms with Crippen molar-refractivity contribution in [3.8, 4) is 11.5 Å². The van der Waals surface area contributed by atoms with Crippen molar-refractivity contribution < 1.29 is 14.3 Å². The summed E-state index contributed by atoms with van der Waals surface area (Å²) in [4.78, 5) is 16.2. The molecule has 3 aromatic rings. The predicted molar refractivity (Wildman–Crippen MR) is 95.1 cm³/mol. The lowest BCUT2D eigenvalue weighted by atomic mass is 10.1. The van der Waals surface area contributed by atoms with E-state index in [-0.39, 0.29) is 12.7 Å². The summed E-state index contributed by atoms with van der Waals surface area (Å²) < 4.78 is 12.4. The van der Waals surface area contributed by atoms with Gasteiger partial charge in [-0.2, -0.15) is 5.10 Å². The van der Waals surface area contributed by atoms with Gasteiger partial charge in [-0.05, 0) is 41.8 Å². The summed E-state index contributed by atoms with van der Waals surface area (Å²) in [5.74, 6) is 1.96. The zero-order valence-corrected chi connectivity index (χ0v) is 14.1. The van der Waals surface area contributed by atoms with Gasteiger partial charge in [0, 0.05) is 31.1 Å². The number of anilines is 1. The van der Waals surface area contributed by atoms with Crippen LogP contribution in [0, 0.1) is 0 Å². The van der Waals surface area contributed by atoms with E-state index in [9.17, 15) is 4.79 Å². The quantitative estimate of drug-likeness (QED) is 0.739. The van der Waals surface area contributed by atoms with Gasteiger partial charge in [-0.25, -0.2) is 0 Å². The number of aryl methyl sites for hydroxylation is 1. The van der Waals surface area contributed by atoms with Crippen LogP contribution in [0.2, 0.25) is 0 Å². The van der Waals surface area contributed by atoms with Gasteiger partial charge < -0.3 is 14.8 Å². The molecule has 0 atom stereocenters. The van der Waals surface area contributed by atoms with Crippen LogP contribution in [0.3, 0.4) is 0 Å². The number of hydrogen-bond acceptors (Lipinski definition) is 5. The minimum absolute atomic E-state index is 0.0724. The summed E-state index contributed by atoms with van der Waals surface area (Å²) in [6.07, 6.45) is 6.33. The van der Waals surface area contributed by atoms with E-state index in [1.165, 1.54) is 0 Å². The molecule has 7 heteroatoms. The van der Waals surface area contributed by atoms with Crippen LogP contribution in [0.1, 0.15) is 17.5 Å². The summed E-state index contributed by atoms with van der Waals surface area (Å²) in [7, 11) is 0. The number of rotatable bonds is 6. The van der Waals surface area contributed by atoms with Crippen molar-refractivity contribution in [2.24, 2.45) is 0 Å². The first-order valence-electron chi connectivity index (χ1n) is 8.37. The number of ether oxygens (including phenoxy) is 2. The lowest BCUT2D eigenvalue weighted by Gasteiger charge is -2.04. The molecule has 26 heavy (non-hydrogen) atoms. The molecule has 0 bridgehead atoms. The van der Waals surface area contributed by atoms with Gasteiger partial charge in [-0.3, -0.25) is 14.5 Å². The normalized spacial score (nSPS) is 12.2. The molecule has 1 N–H and O–H groups in total. The SMILES string of the molecule is O=C(CCc1ccc2c(c1)OCO2)Nc1ccn(Cc2ccncc2)n1. The molecule has 0 saturated heterocycles. The molecule has 1 aliphatic rings. The number of nitrogens with one attached hydrogen (secondary N) is 1. The molecule has 1 aromatic carbocycles. The topological polar surface area (TPSA) is 78.3 Å². The lowest BCUT2D eigenvalue weighted by Crippen LogP contribution is -2.13. The summed E-state index contributed by atoms with van der Waals surface area (Å²) in [6, 6.07) is 11.4. The average Bonchev–Trinajstić information content (AvgIpc) is 3.29. The maximum atomic E-state index is 12.2. The number of carbonyl (C=O) groups excluding carboxylic acids is 1. The van der Waals surface area contributed by atoms with Crippen LogP contribution < -0.4 is 14.8 Å². The molecule has 0 fully saturated rings. The second-order valence-corrected chi connectivity index (χ2v) is 5.99. The van der Waals surface area contributed by atoms with Gasteiger partial charge in [0.15, 0.2) is 17.3 Å². The van der Waals surface area contributed by atoms with Gasteiger partial charge in [-0.1, -0.05) is 6.07 Å². The van der Waals surface area contributed by atoms with Gasteiger partial charge in [-0.15, -0.1) is 0 Å². The summed E-state index contributed by atoms with van der Waals surface area (Å²) in [6.45, 7) is 0.886. The first-order valence-corrected chi connectivity index (χ1v) is 8.37. The molecular formula is C19H18N4O3. The van der Waals surface area contributed by atoms with Crippen LogP contribution in [0.5, 0.6) is 11.5 Å². The first-order chi connectivity index (χ1) is 12.8. The molecule has 0 spiro atoms. The molecule has 4 rings (SSSR count). The highest BCUT2D eigenvalue weighted by Crippen LogP contribution is 2.32. The predicted octanol–water partition coefficient (Wildman–Crippen LogP) is 2.63. The maximum Gasteiger partial charge on any atom is 0.231 e. The zero-order valence-electron chi connectivity index (χ0n) is 14.1. The van der Waals surface area contributed by atoms with Crippen LogP contribution in [0.15, 0.2) is 55.0 Å². The van der Waals surface area contributed by atoms with Crippen LogP contribution in [-0.2, 0) is 17.8 Å². The fourth-order valence-electron chi connectivity index (χ4n) is 2.75. The summed E-state index contributed by atoms with van der Waals surface area (Å²) in [5.41, 5.74) is 2.14. The van der Waals surface area contributed by atoms with Crippen LogP contribution in [0.4, 0.5) is 5.82 Å². The Morgan fingerprint density at radius 2 is 1.92 bits per heavy atom. The molecule has 1 aliphatic heterocycles. The molecular weight excluding hydrogens is 332 g/mol. The van der Waals surface area contributed by atoms with Gasteiger partial charge in [0.25, 0.3) is 0 Å². The molecule has 0 unspecified atom stereocenters. The van der Waals surface area contributed by atoms with E-state index >= 15 is 0 Å². The molecule has 132 valence electrons. The van der Waals surface area contributed by atoms with E-state index in [0.717, 1.165) is 22.6 Å². The number of pyridine rings is 1. The Kier molecular flexibility index (Phi) is 4.51. The Morgan fingerprint density at radius 1 is 1.08 bits per heavy atom. The number of aromatic nitrogens is 3. The number of fused-ring (bicyclic) bond motifs is 1. The van der Waals surface area contributed by atoms with E-state index in [1.807, 2.05) is 36.5 Å². The Labute approximate surface area is 150 Å². The average molecular weight is 350 g/mol. The molecule has 2 aromatic heterocycles. The van der Waals surface area contributed by atoms with Gasteiger partial charge in [0.05, 0.1) is 6.54 Å². The largest absolute Gasteiger partial charge is 0.454 e. The fourth-order valence-corrected chi connectivity index (χ4v) is 2.75. The van der Waals surface area contributed by atoms with Gasteiger partial charge in [0.1, 0.15) is 0 Å². The number of amides is 1. The van der Waals surface area contributed by atoms with E-state index < -0.39 is 0 Å². The number of nitrogens with zero attached hydrogens (tertiary/aromatic N) is 3. The third-order valence-electron chi connectivity index (χ3n) is 4.08. The summed E-state index contributed by atoms with van der Waals surface area (Å²) >= 11 is 0. The van der Waals surface area contributed by atoms with Crippen LogP contribution in [-0.4, -0.2) is 27.5 Å². The minimum atomic E-state index is -0.0724. The first kappa shape index (κ1) is 16.1. The number of carbonyl (C=O) groups is 1. The number of benzene rings is 1. The second-order valence-electron chi connectivity index (χ2n) is 5.99. The molecule has 0 saturated carbocycles. The lowest BCUT2D eigenvalue weighted by molar-refractivity contribution is -0.116. The van der Waals surface area contributed by atoms with Crippen molar-refractivity contribution in [2.45, 2.75) is 19.4 Å².